The Bertz CT molecular complexity index is 1230. The van der Waals surface area contributed by atoms with E-state index in [0.717, 1.165) is 18.4 Å². The number of nitrogens with one attached hydrogen (secondary N) is 1. The normalized spacial score (nSPS) is 16.9. The molecule has 3 aromatic rings. The molecule has 1 aliphatic rings. The van der Waals surface area contributed by atoms with Gasteiger partial charge < -0.3 is 10.2 Å². The zero-order valence-electron chi connectivity index (χ0n) is 16.6. The number of aromatic nitrogens is 1. The monoisotopic (exact) mass is 443 g/mol. The Balaban J connectivity index is 1.48. The van der Waals surface area contributed by atoms with Gasteiger partial charge in [-0.25, -0.2) is 13.4 Å². The zero-order valence-corrected chi connectivity index (χ0v) is 18.2. The Kier molecular flexibility index (Phi) is 5.33. The summed E-state index contributed by atoms with van der Waals surface area (Å²) in [7, 11) is -3.32. The van der Waals surface area contributed by atoms with Crippen LogP contribution in [0.3, 0.4) is 0 Å². The van der Waals surface area contributed by atoms with E-state index < -0.39 is 15.8 Å². The maximum Gasteiger partial charge on any atom is 0.231 e. The Morgan fingerprint density at radius 2 is 1.97 bits per heavy atom. The number of carbonyl (C=O) groups is 2. The fraction of sp³-hybridized carbons (Fsp3) is 0.286. The summed E-state index contributed by atoms with van der Waals surface area (Å²) in [6, 6.07) is 12.5. The molecule has 2 amide bonds. The molecule has 2 heterocycles. The molecule has 30 heavy (non-hydrogen) atoms. The molecule has 7 nitrogen and oxygen atoms in total. The van der Waals surface area contributed by atoms with E-state index in [0.29, 0.717) is 21.9 Å². The Labute approximate surface area is 178 Å². The van der Waals surface area contributed by atoms with E-state index in [1.165, 1.54) is 23.0 Å². The summed E-state index contributed by atoms with van der Waals surface area (Å²) in [5.41, 5.74) is 2.60. The molecule has 0 radical (unpaired) electrons. The van der Waals surface area contributed by atoms with Crippen LogP contribution in [-0.2, 0) is 25.8 Å². The maximum atomic E-state index is 12.7. The predicted octanol–water partition coefficient (Wildman–Crippen LogP) is 3.25. The van der Waals surface area contributed by atoms with Crippen LogP contribution in [0, 0.1) is 5.92 Å². The summed E-state index contributed by atoms with van der Waals surface area (Å²) in [4.78, 5) is 31.4. The van der Waals surface area contributed by atoms with Gasteiger partial charge in [0, 0.05) is 24.9 Å². The zero-order chi connectivity index (χ0) is 21.5. The second kappa shape index (κ2) is 7.81. The Morgan fingerprint density at radius 3 is 2.63 bits per heavy atom. The molecule has 156 valence electrons. The van der Waals surface area contributed by atoms with E-state index in [4.69, 9.17) is 0 Å². The van der Waals surface area contributed by atoms with Crippen LogP contribution in [0.2, 0.25) is 0 Å². The summed E-state index contributed by atoms with van der Waals surface area (Å²) in [6.45, 7) is 2.39. The van der Waals surface area contributed by atoms with Crippen molar-refractivity contribution in [3.8, 4) is 0 Å². The molecule has 0 unspecified atom stereocenters. The summed E-state index contributed by atoms with van der Waals surface area (Å²) in [6.07, 6.45) is 2.22. The number of carbonyl (C=O) groups excluding carboxylic acids is 2. The topological polar surface area (TPSA) is 96.4 Å². The number of anilines is 2. The van der Waals surface area contributed by atoms with Crippen molar-refractivity contribution in [1.29, 1.82) is 0 Å². The van der Waals surface area contributed by atoms with Gasteiger partial charge in [0.1, 0.15) is 0 Å². The first-order valence-electron chi connectivity index (χ1n) is 9.55. The van der Waals surface area contributed by atoms with Gasteiger partial charge in [-0.1, -0.05) is 30.4 Å². The molecule has 1 saturated heterocycles. The number of nitrogens with zero attached hydrogens (tertiary/aromatic N) is 2. The summed E-state index contributed by atoms with van der Waals surface area (Å²) in [5, 5.41) is 3.17. The first-order valence-corrected chi connectivity index (χ1v) is 12.3. The van der Waals surface area contributed by atoms with Crippen LogP contribution in [0.25, 0.3) is 10.2 Å². The minimum atomic E-state index is -3.32. The van der Waals surface area contributed by atoms with Gasteiger partial charge in [0.05, 0.1) is 21.0 Å². The minimum absolute atomic E-state index is 0.0820. The highest BCUT2D eigenvalue weighted by atomic mass is 32.2. The molecule has 0 spiro atoms. The first-order chi connectivity index (χ1) is 14.2. The molecule has 2 aromatic carbocycles. The lowest BCUT2D eigenvalue weighted by atomic mass is 10.1. The van der Waals surface area contributed by atoms with Gasteiger partial charge in [0.15, 0.2) is 15.0 Å². The highest BCUT2D eigenvalue weighted by Crippen LogP contribution is 2.30. The number of fused-ring (bicyclic) bond motifs is 1. The van der Waals surface area contributed by atoms with Crippen LogP contribution in [0.15, 0.2) is 47.4 Å². The smallest absolute Gasteiger partial charge is 0.231 e. The number of thiazole rings is 1. The Hall–Kier alpha value is -2.78. The average molecular weight is 444 g/mol. The van der Waals surface area contributed by atoms with Crippen molar-refractivity contribution in [2.24, 2.45) is 5.92 Å². The van der Waals surface area contributed by atoms with Crippen LogP contribution in [0.5, 0.6) is 0 Å². The van der Waals surface area contributed by atoms with E-state index in [1.807, 2.05) is 24.3 Å². The second-order valence-corrected chi connectivity index (χ2v) is 10.4. The standard InChI is InChI=1S/C21H21N3O4S2/c1-3-13-4-6-15(7-5-13)24-12-14(10-19(24)25)20(26)23-21-22-17-9-8-16(30(2,27)28)11-18(17)29-21/h4-9,11,14H,3,10,12H2,1-2H3,(H,22,23,26)/t14-/m0/s1. The minimum Gasteiger partial charge on any atom is -0.312 e. The lowest BCUT2D eigenvalue weighted by Crippen LogP contribution is -2.28. The van der Waals surface area contributed by atoms with Crippen LogP contribution in [0.1, 0.15) is 18.9 Å². The van der Waals surface area contributed by atoms with Crippen molar-refractivity contribution in [3.05, 3.63) is 48.0 Å². The predicted molar refractivity (Wildman–Crippen MR) is 118 cm³/mol. The Morgan fingerprint density at radius 1 is 1.23 bits per heavy atom. The van der Waals surface area contributed by atoms with Gasteiger partial charge in [0.2, 0.25) is 11.8 Å². The highest BCUT2D eigenvalue weighted by Gasteiger charge is 2.35. The molecule has 1 N–H and O–H groups in total. The first kappa shape index (κ1) is 20.5. The van der Waals surface area contributed by atoms with Gasteiger partial charge >= 0.3 is 0 Å². The van der Waals surface area contributed by atoms with Crippen molar-refractivity contribution in [3.63, 3.8) is 0 Å². The van der Waals surface area contributed by atoms with Gasteiger partial charge in [-0.3, -0.25) is 9.59 Å². The van der Waals surface area contributed by atoms with E-state index in [2.05, 4.69) is 17.2 Å². The summed E-state index contributed by atoms with van der Waals surface area (Å²) in [5.74, 6) is -0.818. The quantitative estimate of drug-likeness (QED) is 0.653. The molecular weight excluding hydrogens is 422 g/mol. The molecule has 1 aromatic heterocycles. The largest absolute Gasteiger partial charge is 0.312 e. The van der Waals surface area contributed by atoms with Crippen LogP contribution in [0.4, 0.5) is 10.8 Å². The lowest BCUT2D eigenvalue weighted by Gasteiger charge is -2.17. The van der Waals surface area contributed by atoms with Gasteiger partial charge in [-0.05, 0) is 42.3 Å². The fourth-order valence-corrected chi connectivity index (χ4v) is 5.07. The lowest BCUT2D eigenvalue weighted by molar-refractivity contribution is -0.122. The molecule has 0 bridgehead atoms. The number of benzene rings is 2. The SMILES string of the molecule is CCc1ccc(N2C[C@@H](C(=O)Nc3nc4ccc(S(C)(=O)=O)cc4s3)CC2=O)cc1. The number of hydrogen-bond donors (Lipinski definition) is 1. The second-order valence-electron chi connectivity index (χ2n) is 7.34. The molecule has 9 heteroatoms. The van der Waals surface area contributed by atoms with E-state index in [1.54, 1.807) is 17.0 Å². The van der Waals surface area contributed by atoms with E-state index in [-0.39, 0.29) is 23.1 Å². The number of sulfone groups is 1. The van der Waals surface area contributed by atoms with E-state index >= 15 is 0 Å². The van der Waals surface area contributed by atoms with Gasteiger partial charge in [-0.2, -0.15) is 0 Å². The summed E-state index contributed by atoms with van der Waals surface area (Å²) >= 11 is 1.21. The molecule has 4 rings (SSSR count). The van der Waals surface area contributed by atoms with Crippen molar-refractivity contribution in [1.82, 2.24) is 4.98 Å². The molecule has 1 fully saturated rings. The molecule has 0 saturated carbocycles. The maximum absolute atomic E-state index is 12.7. The number of hydrogen-bond acceptors (Lipinski definition) is 6. The fourth-order valence-electron chi connectivity index (χ4n) is 3.44. The number of rotatable bonds is 5. The van der Waals surface area contributed by atoms with Crippen molar-refractivity contribution in [2.45, 2.75) is 24.7 Å². The van der Waals surface area contributed by atoms with Crippen LogP contribution in [-0.4, -0.2) is 38.0 Å². The van der Waals surface area contributed by atoms with Crippen molar-refractivity contribution < 1.29 is 18.0 Å². The average Bonchev–Trinajstić information content (AvgIpc) is 3.29. The molecule has 1 atom stereocenters. The van der Waals surface area contributed by atoms with Gasteiger partial charge in [-0.15, -0.1) is 0 Å². The van der Waals surface area contributed by atoms with Crippen LogP contribution < -0.4 is 10.2 Å². The number of aryl methyl sites for hydroxylation is 1. The van der Waals surface area contributed by atoms with Crippen molar-refractivity contribution >= 4 is 54.0 Å². The third kappa shape index (κ3) is 4.08. The van der Waals surface area contributed by atoms with Crippen molar-refractivity contribution in [2.75, 3.05) is 23.0 Å². The molecule has 1 aliphatic heterocycles. The third-order valence-corrected chi connectivity index (χ3v) is 7.21. The van der Waals surface area contributed by atoms with E-state index in [9.17, 15) is 18.0 Å². The van der Waals surface area contributed by atoms with Gasteiger partial charge in [0.25, 0.3) is 0 Å². The summed E-state index contributed by atoms with van der Waals surface area (Å²) < 4.78 is 24.1. The van der Waals surface area contributed by atoms with Crippen LogP contribution >= 0.6 is 11.3 Å². The molecular formula is C21H21N3O4S2. The molecule has 0 aliphatic carbocycles. The number of amides is 2. The highest BCUT2D eigenvalue weighted by molar-refractivity contribution is 7.90. The third-order valence-electron chi connectivity index (χ3n) is 5.17.